The highest BCUT2D eigenvalue weighted by atomic mass is 16.5. The second kappa shape index (κ2) is 6.67. The molecule has 1 aliphatic heterocycles. The zero-order valence-corrected chi connectivity index (χ0v) is 11.9. The van der Waals surface area contributed by atoms with E-state index < -0.39 is 0 Å². The van der Waals surface area contributed by atoms with Gasteiger partial charge in [-0.25, -0.2) is 4.98 Å². The molecule has 0 saturated carbocycles. The topological polar surface area (TPSA) is 74.7 Å². The van der Waals surface area contributed by atoms with Gasteiger partial charge in [0.2, 0.25) is 0 Å². The maximum absolute atomic E-state index is 12.4. The molecule has 2 atom stereocenters. The maximum Gasteiger partial charge on any atom is 0.255 e. The molecule has 1 saturated heterocycles. The third-order valence-corrected chi connectivity index (χ3v) is 3.19. The summed E-state index contributed by atoms with van der Waals surface area (Å²) in [7, 11) is 0. The number of aliphatic hydroxyl groups excluding tert-OH is 1. The summed E-state index contributed by atoms with van der Waals surface area (Å²) in [6.45, 7) is 5.55. The molecule has 1 aromatic rings. The third-order valence-electron chi connectivity index (χ3n) is 3.19. The van der Waals surface area contributed by atoms with Crippen molar-refractivity contribution in [3.63, 3.8) is 0 Å². The molecule has 0 spiro atoms. The molecule has 0 aliphatic carbocycles. The van der Waals surface area contributed by atoms with Gasteiger partial charge in [-0.2, -0.15) is 0 Å². The minimum atomic E-state index is -0.309. The van der Waals surface area contributed by atoms with Crippen molar-refractivity contribution < 1.29 is 14.6 Å². The second-order valence-corrected chi connectivity index (χ2v) is 4.92. The van der Waals surface area contributed by atoms with E-state index in [9.17, 15) is 9.90 Å². The predicted molar refractivity (Wildman–Crippen MR) is 75.7 cm³/mol. The zero-order chi connectivity index (χ0) is 14.5. The second-order valence-electron chi connectivity index (χ2n) is 4.92. The highest BCUT2D eigenvalue weighted by Crippen LogP contribution is 2.15. The Bertz CT molecular complexity index is 449. The van der Waals surface area contributed by atoms with Crippen LogP contribution in [0.5, 0.6) is 0 Å². The molecule has 1 fully saturated rings. The molecule has 2 heterocycles. The Morgan fingerprint density at radius 3 is 2.95 bits per heavy atom. The van der Waals surface area contributed by atoms with Crippen LogP contribution in [-0.2, 0) is 4.74 Å². The molecule has 2 unspecified atom stereocenters. The molecule has 20 heavy (non-hydrogen) atoms. The molecule has 1 aromatic heterocycles. The van der Waals surface area contributed by atoms with Crippen molar-refractivity contribution in [3.8, 4) is 0 Å². The van der Waals surface area contributed by atoms with Gasteiger partial charge < -0.3 is 20.1 Å². The standard InChI is InChI=1S/C14H21N3O3/c1-3-15-13-5-4-11(6-16-13)14(19)17-7-10(2)20-12(8-17)9-18/h4-6,10,12,18H,3,7-9H2,1-2H3,(H,15,16). The van der Waals surface area contributed by atoms with Gasteiger partial charge >= 0.3 is 0 Å². The molecule has 1 amide bonds. The Balaban J connectivity index is 2.06. The first-order valence-corrected chi connectivity index (χ1v) is 6.89. The molecule has 6 nitrogen and oxygen atoms in total. The number of aliphatic hydroxyl groups is 1. The van der Waals surface area contributed by atoms with Gasteiger partial charge in [-0.3, -0.25) is 4.79 Å². The van der Waals surface area contributed by atoms with Crippen molar-refractivity contribution in [1.82, 2.24) is 9.88 Å². The SMILES string of the molecule is CCNc1ccc(C(=O)N2CC(C)OC(CO)C2)cn1. The normalized spacial score (nSPS) is 22.6. The third kappa shape index (κ3) is 3.46. The first-order chi connectivity index (χ1) is 9.63. The van der Waals surface area contributed by atoms with Crippen molar-refractivity contribution in [2.45, 2.75) is 26.1 Å². The molecular weight excluding hydrogens is 258 g/mol. The minimum absolute atomic E-state index is 0.0705. The molecular formula is C14H21N3O3. The Morgan fingerprint density at radius 2 is 2.35 bits per heavy atom. The highest BCUT2D eigenvalue weighted by Gasteiger charge is 2.28. The number of rotatable bonds is 4. The van der Waals surface area contributed by atoms with Gasteiger partial charge in [-0.1, -0.05) is 0 Å². The summed E-state index contributed by atoms with van der Waals surface area (Å²) in [5.41, 5.74) is 0.553. The zero-order valence-electron chi connectivity index (χ0n) is 11.9. The van der Waals surface area contributed by atoms with Crippen LogP contribution in [0, 0.1) is 0 Å². The number of aromatic nitrogens is 1. The fourth-order valence-corrected chi connectivity index (χ4v) is 2.30. The highest BCUT2D eigenvalue weighted by molar-refractivity contribution is 5.94. The minimum Gasteiger partial charge on any atom is -0.394 e. The monoisotopic (exact) mass is 279 g/mol. The van der Waals surface area contributed by atoms with Crippen LogP contribution >= 0.6 is 0 Å². The van der Waals surface area contributed by atoms with Crippen molar-refractivity contribution in [2.75, 3.05) is 31.6 Å². The first-order valence-electron chi connectivity index (χ1n) is 6.89. The Labute approximate surface area is 118 Å². The Hall–Kier alpha value is -1.66. The van der Waals surface area contributed by atoms with Gasteiger partial charge in [0.15, 0.2) is 0 Å². The summed E-state index contributed by atoms with van der Waals surface area (Å²) >= 11 is 0. The number of carbonyl (C=O) groups is 1. The summed E-state index contributed by atoms with van der Waals surface area (Å²) in [6, 6.07) is 3.56. The van der Waals surface area contributed by atoms with E-state index in [-0.39, 0.29) is 24.7 Å². The number of ether oxygens (including phenoxy) is 1. The number of hydrogen-bond acceptors (Lipinski definition) is 5. The predicted octanol–water partition coefficient (Wildman–Crippen LogP) is 0.735. The molecule has 1 aliphatic rings. The number of hydrogen-bond donors (Lipinski definition) is 2. The lowest BCUT2D eigenvalue weighted by Gasteiger charge is -2.36. The average Bonchev–Trinajstić information content (AvgIpc) is 2.47. The van der Waals surface area contributed by atoms with Crippen molar-refractivity contribution in [1.29, 1.82) is 0 Å². The van der Waals surface area contributed by atoms with Crippen molar-refractivity contribution in [3.05, 3.63) is 23.9 Å². The van der Waals surface area contributed by atoms with Crippen LogP contribution in [0.1, 0.15) is 24.2 Å². The summed E-state index contributed by atoms with van der Waals surface area (Å²) in [4.78, 5) is 18.3. The molecule has 110 valence electrons. The van der Waals surface area contributed by atoms with E-state index in [0.29, 0.717) is 18.7 Å². The van der Waals surface area contributed by atoms with E-state index >= 15 is 0 Å². The molecule has 6 heteroatoms. The van der Waals surface area contributed by atoms with Crippen LogP contribution in [0.4, 0.5) is 5.82 Å². The number of carbonyl (C=O) groups excluding carboxylic acids is 1. The molecule has 0 bridgehead atoms. The number of pyridine rings is 1. The van der Waals surface area contributed by atoms with E-state index in [0.717, 1.165) is 12.4 Å². The number of nitrogens with one attached hydrogen (secondary N) is 1. The van der Waals surface area contributed by atoms with Crippen LogP contribution in [0.3, 0.4) is 0 Å². The van der Waals surface area contributed by atoms with Crippen LogP contribution in [-0.4, -0.2) is 59.3 Å². The lowest BCUT2D eigenvalue weighted by atomic mass is 10.2. The molecule has 0 radical (unpaired) electrons. The van der Waals surface area contributed by atoms with Crippen molar-refractivity contribution >= 4 is 11.7 Å². The summed E-state index contributed by atoms with van der Waals surface area (Å²) < 4.78 is 5.53. The number of anilines is 1. The fourth-order valence-electron chi connectivity index (χ4n) is 2.30. The summed E-state index contributed by atoms with van der Waals surface area (Å²) in [6.07, 6.45) is 1.20. The van der Waals surface area contributed by atoms with Gasteiger partial charge in [0.05, 0.1) is 24.4 Å². The van der Waals surface area contributed by atoms with Crippen LogP contribution < -0.4 is 5.32 Å². The van der Waals surface area contributed by atoms with Gasteiger partial charge in [0.25, 0.3) is 5.91 Å². The molecule has 0 aromatic carbocycles. The van der Waals surface area contributed by atoms with E-state index in [2.05, 4.69) is 10.3 Å². The fraction of sp³-hybridized carbons (Fsp3) is 0.571. The smallest absolute Gasteiger partial charge is 0.255 e. The number of morpholine rings is 1. The lowest BCUT2D eigenvalue weighted by Crippen LogP contribution is -2.50. The van der Waals surface area contributed by atoms with Crippen LogP contribution in [0.25, 0.3) is 0 Å². The van der Waals surface area contributed by atoms with E-state index in [1.807, 2.05) is 13.8 Å². The Morgan fingerprint density at radius 1 is 1.55 bits per heavy atom. The lowest BCUT2D eigenvalue weighted by molar-refractivity contribution is -0.0858. The van der Waals surface area contributed by atoms with Crippen LogP contribution in [0.2, 0.25) is 0 Å². The quantitative estimate of drug-likeness (QED) is 0.850. The number of nitrogens with zero attached hydrogens (tertiary/aromatic N) is 2. The van der Waals surface area contributed by atoms with E-state index in [4.69, 9.17) is 4.74 Å². The number of amides is 1. The average molecular weight is 279 g/mol. The van der Waals surface area contributed by atoms with Gasteiger partial charge in [0, 0.05) is 25.8 Å². The summed E-state index contributed by atoms with van der Waals surface area (Å²) in [5.74, 6) is 0.682. The van der Waals surface area contributed by atoms with Crippen LogP contribution in [0.15, 0.2) is 18.3 Å². The first kappa shape index (κ1) is 14.7. The van der Waals surface area contributed by atoms with E-state index in [1.54, 1.807) is 23.2 Å². The molecule has 2 rings (SSSR count). The van der Waals surface area contributed by atoms with Crippen molar-refractivity contribution in [2.24, 2.45) is 0 Å². The largest absolute Gasteiger partial charge is 0.394 e. The van der Waals surface area contributed by atoms with Gasteiger partial charge in [-0.15, -0.1) is 0 Å². The van der Waals surface area contributed by atoms with Gasteiger partial charge in [0.1, 0.15) is 5.82 Å². The molecule has 2 N–H and O–H groups in total. The Kier molecular flexibility index (Phi) is 4.92. The van der Waals surface area contributed by atoms with E-state index in [1.165, 1.54) is 0 Å². The summed E-state index contributed by atoms with van der Waals surface area (Å²) in [5, 5.41) is 12.3. The van der Waals surface area contributed by atoms with Gasteiger partial charge in [-0.05, 0) is 26.0 Å². The maximum atomic E-state index is 12.4.